The number of carbonyl (C=O) groups excluding carboxylic acids is 1. The molecule has 1 aromatic carbocycles. The number of amides is 1. The molecular formula is C11H14N2O3S. The average molecular weight is 254 g/mol. The van der Waals surface area contributed by atoms with Gasteiger partial charge in [-0.3, -0.25) is 14.9 Å². The number of thioether (sulfide) groups is 1. The maximum atomic E-state index is 11.8. The van der Waals surface area contributed by atoms with Crippen molar-refractivity contribution in [2.75, 3.05) is 12.8 Å². The van der Waals surface area contributed by atoms with Crippen LogP contribution in [0.5, 0.6) is 0 Å². The molecule has 5 nitrogen and oxygen atoms in total. The monoisotopic (exact) mass is 254 g/mol. The summed E-state index contributed by atoms with van der Waals surface area (Å²) in [4.78, 5) is 22.9. The van der Waals surface area contributed by atoms with E-state index in [2.05, 4.69) is 5.32 Å². The number of nitro benzene ring substituents is 1. The average Bonchev–Trinajstić information content (AvgIpc) is 2.34. The molecule has 1 aromatic rings. The Balaban J connectivity index is 3.08. The lowest BCUT2D eigenvalue weighted by atomic mass is 10.1. The van der Waals surface area contributed by atoms with E-state index in [4.69, 9.17) is 0 Å². The number of nitro groups is 1. The van der Waals surface area contributed by atoms with Crippen LogP contribution >= 0.6 is 11.8 Å². The molecular weight excluding hydrogens is 240 g/mol. The second-order valence-electron chi connectivity index (χ2n) is 3.40. The Morgan fingerprint density at radius 1 is 1.53 bits per heavy atom. The molecule has 0 saturated heterocycles. The minimum atomic E-state index is -0.537. The van der Waals surface area contributed by atoms with Crippen LogP contribution in [-0.2, 0) is 0 Å². The molecule has 0 aliphatic rings. The van der Waals surface area contributed by atoms with E-state index in [1.54, 1.807) is 12.1 Å². The van der Waals surface area contributed by atoms with Gasteiger partial charge in [0.2, 0.25) is 0 Å². The molecule has 0 unspecified atom stereocenters. The van der Waals surface area contributed by atoms with E-state index in [1.807, 2.05) is 13.2 Å². The van der Waals surface area contributed by atoms with Crippen molar-refractivity contribution in [3.05, 3.63) is 33.9 Å². The van der Waals surface area contributed by atoms with Crippen molar-refractivity contribution in [2.24, 2.45) is 0 Å². The molecule has 0 saturated carbocycles. The van der Waals surface area contributed by atoms with Crippen LogP contribution in [0.4, 0.5) is 5.69 Å². The molecule has 1 N–H and O–H groups in total. The lowest BCUT2D eigenvalue weighted by molar-refractivity contribution is -0.385. The Morgan fingerprint density at radius 2 is 2.24 bits per heavy atom. The van der Waals surface area contributed by atoms with E-state index >= 15 is 0 Å². The van der Waals surface area contributed by atoms with Crippen molar-refractivity contribution in [3.63, 3.8) is 0 Å². The fourth-order valence-electron chi connectivity index (χ4n) is 1.32. The molecule has 92 valence electrons. The van der Waals surface area contributed by atoms with E-state index in [9.17, 15) is 14.9 Å². The first-order valence-electron chi connectivity index (χ1n) is 5.20. The highest BCUT2D eigenvalue weighted by Crippen LogP contribution is 2.24. The van der Waals surface area contributed by atoms with Gasteiger partial charge in [0.05, 0.1) is 4.92 Å². The Hall–Kier alpha value is -1.56. The van der Waals surface area contributed by atoms with Crippen LogP contribution in [0.25, 0.3) is 0 Å². The molecule has 1 amide bonds. The molecule has 0 radical (unpaired) electrons. The Bertz CT molecular complexity index is 435. The number of hydrogen-bond donors (Lipinski definition) is 1. The normalized spacial score (nSPS) is 10.0. The largest absolute Gasteiger partial charge is 0.352 e. The molecule has 0 aliphatic heterocycles. The van der Waals surface area contributed by atoms with Gasteiger partial charge in [-0.05, 0) is 24.8 Å². The molecule has 6 heteroatoms. The van der Waals surface area contributed by atoms with Crippen LogP contribution in [0.2, 0.25) is 0 Å². The van der Waals surface area contributed by atoms with Gasteiger partial charge in [-0.2, -0.15) is 0 Å². The molecule has 0 heterocycles. The number of nitrogens with zero attached hydrogens (tertiary/aromatic N) is 1. The third kappa shape index (κ3) is 3.45. The molecule has 0 atom stereocenters. The van der Waals surface area contributed by atoms with Gasteiger partial charge in [0.25, 0.3) is 11.6 Å². The predicted molar refractivity (Wildman–Crippen MR) is 67.5 cm³/mol. The second-order valence-corrected chi connectivity index (χ2v) is 4.28. The third-order valence-electron chi connectivity index (χ3n) is 2.18. The molecule has 0 fully saturated rings. The van der Waals surface area contributed by atoms with Gasteiger partial charge in [-0.25, -0.2) is 0 Å². The SMILES string of the molecule is CCCNC(=O)c1cc(SC)ccc1[N+](=O)[O-]. The summed E-state index contributed by atoms with van der Waals surface area (Å²) in [5.74, 6) is -0.394. The first-order chi connectivity index (χ1) is 8.10. The lowest BCUT2D eigenvalue weighted by Crippen LogP contribution is -2.24. The summed E-state index contributed by atoms with van der Waals surface area (Å²) in [5, 5.41) is 13.5. The minimum Gasteiger partial charge on any atom is -0.352 e. The molecule has 0 bridgehead atoms. The van der Waals surface area contributed by atoms with E-state index in [0.29, 0.717) is 6.54 Å². The van der Waals surface area contributed by atoms with Crippen LogP contribution in [-0.4, -0.2) is 23.6 Å². The van der Waals surface area contributed by atoms with Gasteiger partial charge in [0, 0.05) is 17.5 Å². The van der Waals surface area contributed by atoms with Crippen molar-refractivity contribution in [1.82, 2.24) is 5.32 Å². The third-order valence-corrected chi connectivity index (χ3v) is 2.91. The van der Waals surface area contributed by atoms with Crippen molar-refractivity contribution in [3.8, 4) is 0 Å². The van der Waals surface area contributed by atoms with E-state index in [1.165, 1.54) is 17.8 Å². The van der Waals surface area contributed by atoms with Gasteiger partial charge < -0.3 is 5.32 Å². The van der Waals surface area contributed by atoms with Gasteiger partial charge in [0.1, 0.15) is 5.56 Å². The highest BCUT2D eigenvalue weighted by atomic mass is 32.2. The van der Waals surface area contributed by atoms with E-state index in [-0.39, 0.29) is 11.3 Å². The van der Waals surface area contributed by atoms with E-state index < -0.39 is 10.8 Å². The summed E-state index contributed by atoms with van der Waals surface area (Å²) >= 11 is 1.44. The number of benzene rings is 1. The Labute approximate surface area is 104 Å². The molecule has 1 rings (SSSR count). The van der Waals surface area contributed by atoms with E-state index in [0.717, 1.165) is 11.3 Å². The smallest absolute Gasteiger partial charge is 0.282 e. The molecule has 0 aromatic heterocycles. The first kappa shape index (κ1) is 13.5. The zero-order valence-electron chi connectivity index (χ0n) is 9.73. The van der Waals surface area contributed by atoms with Gasteiger partial charge in [0.15, 0.2) is 0 Å². The number of carbonyl (C=O) groups is 1. The minimum absolute atomic E-state index is 0.121. The van der Waals surface area contributed by atoms with Gasteiger partial charge >= 0.3 is 0 Å². The summed E-state index contributed by atoms with van der Waals surface area (Å²) in [6, 6.07) is 4.56. The van der Waals surface area contributed by atoms with Crippen molar-refractivity contribution < 1.29 is 9.72 Å². The van der Waals surface area contributed by atoms with Crippen LogP contribution < -0.4 is 5.32 Å². The predicted octanol–water partition coefficient (Wildman–Crippen LogP) is 2.46. The second kappa shape index (κ2) is 6.24. The van der Waals surface area contributed by atoms with Gasteiger partial charge in [-0.1, -0.05) is 6.92 Å². The fraction of sp³-hybridized carbons (Fsp3) is 0.364. The summed E-state index contributed by atoms with van der Waals surface area (Å²) in [5.41, 5.74) is -0.0355. The zero-order valence-corrected chi connectivity index (χ0v) is 10.5. The Kier molecular flexibility index (Phi) is 4.96. The summed E-state index contributed by atoms with van der Waals surface area (Å²) < 4.78 is 0. The lowest BCUT2D eigenvalue weighted by Gasteiger charge is -2.05. The number of rotatable bonds is 5. The van der Waals surface area contributed by atoms with Crippen LogP contribution in [0.3, 0.4) is 0 Å². The zero-order chi connectivity index (χ0) is 12.8. The maximum absolute atomic E-state index is 11.8. The summed E-state index contributed by atoms with van der Waals surface area (Å²) in [7, 11) is 0. The highest BCUT2D eigenvalue weighted by molar-refractivity contribution is 7.98. The highest BCUT2D eigenvalue weighted by Gasteiger charge is 2.19. The van der Waals surface area contributed by atoms with Crippen molar-refractivity contribution in [2.45, 2.75) is 18.2 Å². The van der Waals surface area contributed by atoms with Crippen molar-refractivity contribution in [1.29, 1.82) is 0 Å². The van der Waals surface area contributed by atoms with Gasteiger partial charge in [-0.15, -0.1) is 11.8 Å². The molecule has 0 spiro atoms. The number of hydrogen-bond acceptors (Lipinski definition) is 4. The maximum Gasteiger partial charge on any atom is 0.282 e. The summed E-state index contributed by atoms with van der Waals surface area (Å²) in [6.07, 6.45) is 2.65. The summed E-state index contributed by atoms with van der Waals surface area (Å²) in [6.45, 7) is 2.44. The molecule has 17 heavy (non-hydrogen) atoms. The van der Waals surface area contributed by atoms with Crippen molar-refractivity contribution >= 4 is 23.4 Å². The van der Waals surface area contributed by atoms with Crippen LogP contribution in [0.1, 0.15) is 23.7 Å². The Morgan fingerprint density at radius 3 is 2.76 bits per heavy atom. The molecule has 0 aliphatic carbocycles. The standard InChI is InChI=1S/C11H14N2O3S/c1-3-6-12-11(14)9-7-8(17-2)4-5-10(9)13(15)16/h4-5,7H,3,6H2,1-2H3,(H,12,14). The topological polar surface area (TPSA) is 72.2 Å². The quantitative estimate of drug-likeness (QED) is 0.497. The number of nitrogens with one attached hydrogen (secondary N) is 1. The first-order valence-corrected chi connectivity index (χ1v) is 6.43. The van der Waals surface area contributed by atoms with Crippen LogP contribution in [0, 0.1) is 10.1 Å². The fourth-order valence-corrected chi connectivity index (χ4v) is 1.76. The van der Waals surface area contributed by atoms with Crippen LogP contribution in [0.15, 0.2) is 23.1 Å².